The molecule has 0 aromatic heterocycles. The van der Waals surface area contributed by atoms with Gasteiger partial charge >= 0.3 is 0 Å². The third-order valence-electron chi connectivity index (χ3n) is 6.44. The van der Waals surface area contributed by atoms with Gasteiger partial charge in [-0.05, 0) is 87.5 Å². The van der Waals surface area contributed by atoms with Crippen LogP contribution < -0.4 is 10.6 Å². The highest BCUT2D eigenvalue weighted by molar-refractivity contribution is 6.33. The number of piperidine rings is 2. The van der Waals surface area contributed by atoms with Gasteiger partial charge in [0.25, 0.3) is 0 Å². The first kappa shape index (κ1) is 24.7. The minimum Gasteiger partial charge on any atom is -0.377 e. The SMILES string of the molecule is C=C(/C=C\C(Cl)=C/CCl)[C@@H](C)Nc1cc(C2CCN([C@H]3CCCNC3)CC2)ccc1Cl. The minimum absolute atomic E-state index is 0.0325. The highest BCUT2D eigenvalue weighted by atomic mass is 35.5. The molecule has 2 saturated heterocycles. The van der Waals surface area contributed by atoms with Crippen molar-refractivity contribution >= 4 is 40.5 Å². The quantitative estimate of drug-likeness (QED) is 0.325. The molecule has 2 N–H and O–H groups in total. The van der Waals surface area contributed by atoms with Crippen LogP contribution in [0, 0.1) is 0 Å². The largest absolute Gasteiger partial charge is 0.377 e. The average molecular weight is 483 g/mol. The van der Waals surface area contributed by atoms with Crippen LogP contribution in [0.4, 0.5) is 5.69 Å². The third-order valence-corrected chi connectivity index (χ3v) is 7.20. The number of rotatable bonds is 8. The van der Waals surface area contributed by atoms with E-state index in [2.05, 4.69) is 41.2 Å². The van der Waals surface area contributed by atoms with Gasteiger partial charge < -0.3 is 10.6 Å². The lowest BCUT2D eigenvalue weighted by Gasteiger charge is -2.39. The van der Waals surface area contributed by atoms with E-state index in [9.17, 15) is 0 Å². The molecule has 0 bridgehead atoms. The molecule has 0 unspecified atom stereocenters. The fourth-order valence-electron chi connectivity index (χ4n) is 4.45. The predicted molar refractivity (Wildman–Crippen MR) is 137 cm³/mol. The van der Waals surface area contributed by atoms with Gasteiger partial charge in [0.1, 0.15) is 0 Å². The minimum atomic E-state index is 0.0325. The van der Waals surface area contributed by atoms with Gasteiger partial charge in [0.15, 0.2) is 0 Å². The maximum atomic E-state index is 6.51. The number of nitrogens with one attached hydrogen (secondary N) is 2. The molecule has 3 rings (SSSR count). The van der Waals surface area contributed by atoms with E-state index in [4.69, 9.17) is 34.8 Å². The molecule has 1 aromatic carbocycles. The van der Waals surface area contributed by atoms with E-state index in [0.29, 0.717) is 22.9 Å². The standard InChI is InChI=1S/C25H34Cl3N3/c1-18(5-7-22(27)9-12-26)19(2)30-25-16-21(6-8-24(25)28)20-10-14-31(15-11-20)23-4-3-13-29-17-23/h5-9,16,19-20,23,29-30H,1,3-4,10-15,17H2,2H3/b7-5-,22-9+/t19-,23+/m1/s1. The van der Waals surface area contributed by atoms with E-state index in [0.717, 1.165) is 22.8 Å². The number of nitrogens with zero attached hydrogens (tertiary/aromatic N) is 1. The Morgan fingerprint density at radius 2 is 2.06 bits per heavy atom. The lowest BCUT2D eigenvalue weighted by molar-refractivity contribution is 0.130. The number of halogens is 3. The summed E-state index contributed by atoms with van der Waals surface area (Å²) in [5.74, 6) is 0.978. The summed E-state index contributed by atoms with van der Waals surface area (Å²) < 4.78 is 0. The summed E-state index contributed by atoms with van der Waals surface area (Å²) in [7, 11) is 0. The van der Waals surface area contributed by atoms with Crippen molar-refractivity contribution in [1.82, 2.24) is 10.2 Å². The zero-order valence-electron chi connectivity index (χ0n) is 18.3. The molecule has 0 radical (unpaired) electrons. The van der Waals surface area contributed by atoms with E-state index >= 15 is 0 Å². The fraction of sp³-hybridized carbons (Fsp3) is 0.520. The Hall–Kier alpha value is -0.970. The van der Waals surface area contributed by atoms with Crippen molar-refractivity contribution in [2.75, 3.05) is 37.4 Å². The summed E-state index contributed by atoms with van der Waals surface area (Å²) in [4.78, 5) is 2.68. The molecule has 170 valence electrons. The molecule has 0 amide bonds. The molecule has 1 aromatic rings. The Kier molecular flexibility index (Phi) is 9.80. The van der Waals surface area contributed by atoms with E-state index in [1.165, 1.54) is 50.9 Å². The number of likely N-dealkylation sites (tertiary alicyclic amines) is 1. The summed E-state index contributed by atoms with van der Waals surface area (Å²) >= 11 is 18.3. The second kappa shape index (κ2) is 12.3. The summed E-state index contributed by atoms with van der Waals surface area (Å²) in [6.07, 6.45) is 10.5. The number of anilines is 1. The van der Waals surface area contributed by atoms with Crippen molar-refractivity contribution in [1.29, 1.82) is 0 Å². The second-order valence-electron chi connectivity index (χ2n) is 8.57. The third kappa shape index (κ3) is 7.27. The van der Waals surface area contributed by atoms with Gasteiger partial charge in [-0.15, -0.1) is 11.6 Å². The van der Waals surface area contributed by atoms with Gasteiger partial charge in [0.2, 0.25) is 0 Å². The lowest BCUT2D eigenvalue weighted by Crippen LogP contribution is -2.48. The van der Waals surface area contributed by atoms with Gasteiger partial charge in [-0.2, -0.15) is 0 Å². The first-order valence-electron chi connectivity index (χ1n) is 11.3. The van der Waals surface area contributed by atoms with E-state index in [1.54, 1.807) is 6.08 Å². The number of alkyl halides is 1. The monoisotopic (exact) mass is 481 g/mol. The van der Waals surface area contributed by atoms with Crippen molar-refractivity contribution in [2.45, 2.75) is 50.6 Å². The van der Waals surface area contributed by atoms with Crippen molar-refractivity contribution in [3.05, 3.63) is 64.2 Å². The first-order chi connectivity index (χ1) is 15.0. The molecule has 31 heavy (non-hydrogen) atoms. The summed E-state index contributed by atoms with van der Waals surface area (Å²) in [6.45, 7) is 10.9. The van der Waals surface area contributed by atoms with Crippen LogP contribution in [0.2, 0.25) is 5.02 Å². The van der Waals surface area contributed by atoms with Gasteiger partial charge in [-0.25, -0.2) is 0 Å². The van der Waals surface area contributed by atoms with Crippen LogP contribution in [-0.4, -0.2) is 49.0 Å². The van der Waals surface area contributed by atoms with Crippen molar-refractivity contribution in [3.63, 3.8) is 0 Å². The topological polar surface area (TPSA) is 27.3 Å². The zero-order valence-corrected chi connectivity index (χ0v) is 20.6. The van der Waals surface area contributed by atoms with Gasteiger partial charge in [0, 0.05) is 29.5 Å². The predicted octanol–water partition coefficient (Wildman–Crippen LogP) is 6.55. The maximum absolute atomic E-state index is 6.51. The molecule has 2 heterocycles. The number of hydrogen-bond donors (Lipinski definition) is 2. The Bertz CT molecular complexity index is 791. The molecule has 0 aliphatic carbocycles. The Morgan fingerprint density at radius 3 is 2.74 bits per heavy atom. The van der Waals surface area contributed by atoms with Gasteiger partial charge in [-0.3, -0.25) is 4.90 Å². The summed E-state index contributed by atoms with van der Waals surface area (Å²) in [5, 5.41) is 8.40. The highest BCUT2D eigenvalue weighted by Gasteiger charge is 2.27. The zero-order chi connectivity index (χ0) is 22.2. The van der Waals surface area contributed by atoms with Crippen LogP contribution in [0.25, 0.3) is 0 Å². The van der Waals surface area contributed by atoms with Crippen molar-refractivity contribution in [3.8, 4) is 0 Å². The lowest BCUT2D eigenvalue weighted by atomic mass is 9.88. The molecule has 2 fully saturated rings. The second-order valence-corrected chi connectivity index (χ2v) is 9.72. The number of benzene rings is 1. The molecule has 0 saturated carbocycles. The average Bonchev–Trinajstić information content (AvgIpc) is 2.80. The molecule has 6 heteroatoms. The molecule has 2 atom stereocenters. The van der Waals surface area contributed by atoms with Crippen LogP contribution in [0.3, 0.4) is 0 Å². The fourth-order valence-corrected chi connectivity index (χ4v) is 5.01. The molecule has 2 aliphatic rings. The van der Waals surface area contributed by atoms with E-state index in [-0.39, 0.29) is 6.04 Å². The van der Waals surface area contributed by atoms with Gasteiger partial charge in [0.05, 0.1) is 10.7 Å². The van der Waals surface area contributed by atoms with Crippen molar-refractivity contribution < 1.29 is 0 Å². The van der Waals surface area contributed by atoms with Crippen LogP contribution in [-0.2, 0) is 0 Å². The molecule has 2 aliphatic heterocycles. The molecule has 3 nitrogen and oxygen atoms in total. The molecular weight excluding hydrogens is 449 g/mol. The maximum Gasteiger partial charge on any atom is 0.0637 e. The first-order valence-corrected chi connectivity index (χ1v) is 12.6. The molecular formula is C25H34Cl3N3. The van der Waals surface area contributed by atoms with E-state index in [1.807, 2.05) is 18.2 Å². The normalized spacial score (nSPS) is 22.6. The summed E-state index contributed by atoms with van der Waals surface area (Å²) in [6, 6.07) is 7.17. The number of allylic oxidation sites excluding steroid dienone is 3. The van der Waals surface area contributed by atoms with Crippen LogP contribution >= 0.6 is 34.8 Å². The molecule has 0 spiro atoms. The van der Waals surface area contributed by atoms with Crippen molar-refractivity contribution in [2.24, 2.45) is 0 Å². The van der Waals surface area contributed by atoms with Crippen LogP contribution in [0.5, 0.6) is 0 Å². The number of hydrogen-bond acceptors (Lipinski definition) is 3. The Labute approximate surface area is 202 Å². The Morgan fingerprint density at radius 1 is 1.29 bits per heavy atom. The van der Waals surface area contributed by atoms with Gasteiger partial charge in [-0.1, -0.05) is 48.0 Å². The van der Waals surface area contributed by atoms with Crippen LogP contribution in [0.15, 0.2) is 53.6 Å². The van der Waals surface area contributed by atoms with E-state index < -0.39 is 0 Å². The smallest absolute Gasteiger partial charge is 0.0637 e. The Balaban J connectivity index is 1.58. The van der Waals surface area contributed by atoms with Crippen LogP contribution in [0.1, 0.15) is 44.1 Å². The highest BCUT2D eigenvalue weighted by Crippen LogP contribution is 2.34. The summed E-state index contributed by atoms with van der Waals surface area (Å²) in [5.41, 5.74) is 3.26.